The lowest BCUT2D eigenvalue weighted by molar-refractivity contribution is 0.335. The van der Waals surface area contributed by atoms with Crippen LogP contribution < -0.4 is 5.32 Å². The fourth-order valence-corrected chi connectivity index (χ4v) is 5.20. The van der Waals surface area contributed by atoms with Crippen LogP contribution in [0.25, 0.3) is 0 Å². The Morgan fingerprint density at radius 1 is 1.25 bits per heavy atom. The Morgan fingerprint density at radius 2 is 2.00 bits per heavy atom. The Bertz CT molecular complexity index is 635. The van der Waals surface area contributed by atoms with E-state index in [0.717, 1.165) is 31.2 Å². The van der Waals surface area contributed by atoms with E-state index in [1.807, 2.05) is 6.92 Å². The number of nitrogens with one attached hydrogen (secondary N) is 1. The highest BCUT2D eigenvalue weighted by molar-refractivity contribution is 7.89. The van der Waals surface area contributed by atoms with Gasteiger partial charge in [0.15, 0.2) is 11.6 Å². The molecule has 7 heteroatoms. The van der Waals surface area contributed by atoms with E-state index >= 15 is 0 Å². The monoisotopic (exact) mass is 302 g/mol. The number of fused-ring (bicyclic) bond motifs is 1. The smallest absolute Gasteiger partial charge is 0.243 e. The van der Waals surface area contributed by atoms with Gasteiger partial charge in [-0.3, -0.25) is 0 Å². The molecule has 1 N–H and O–H groups in total. The summed E-state index contributed by atoms with van der Waals surface area (Å²) in [5, 5.41) is 3.18. The van der Waals surface area contributed by atoms with Crippen LogP contribution >= 0.6 is 0 Å². The Labute approximate surface area is 116 Å². The molecule has 1 aromatic carbocycles. The van der Waals surface area contributed by atoms with Crippen LogP contribution in [0.15, 0.2) is 23.1 Å². The predicted octanol–water partition coefficient (Wildman–Crippen LogP) is 1.34. The van der Waals surface area contributed by atoms with E-state index in [1.165, 1.54) is 4.31 Å². The van der Waals surface area contributed by atoms with Gasteiger partial charge in [-0.2, -0.15) is 4.31 Å². The van der Waals surface area contributed by atoms with Gasteiger partial charge in [-0.05, 0) is 44.0 Å². The summed E-state index contributed by atoms with van der Waals surface area (Å²) in [4.78, 5) is -0.184. The van der Waals surface area contributed by atoms with Crippen LogP contribution in [0.3, 0.4) is 0 Å². The van der Waals surface area contributed by atoms with Crippen molar-refractivity contribution in [3.63, 3.8) is 0 Å². The maximum atomic E-state index is 13.3. The Hall–Kier alpha value is -1.05. The molecule has 0 radical (unpaired) electrons. The molecule has 2 heterocycles. The van der Waals surface area contributed by atoms with Crippen molar-refractivity contribution in [3.05, 3.63) is 29.8 Å². The largest absolute Gasteiger partial charge is 0.315 e. The standard InChI is InChI=1S/C13H16F2N2O2S/c1-8-4-9-6-16-7-13(9)17(8)20(18,19)10-2-3-11(14)12(15)5-10/h2-3,5,8-9,13,16H,4,6-7H2,1H3. The highest BCUT2D eigenvalue weighted by atomic mass is 32.2. The SMILES string of the molecule is CC1CC2CNCC2N1S(=O)(=O)c1ccc(F)c(F)c1. The zero-order valence-corrected chi connectivity index (χ0v) is 11.8. The topological polar surface area (TPSA) is 49.4 Å². The Kier molecular flexibility index (Phi) is 3.30. The second kappa shape index (κ2) is 4.75. The molecule has 110 valence electrons. The first-order valence-electron chi connectivity index (χ1n) is 6.60. The van der Waals surface area contributed by atoms with Crippen LogP contribution in [-0.2, 0) is 10.0 Å². The van der Waals surface area contributed by atoms with Gasteiger partial charge in [0.2, 0.25) is 10.0 Å². The van der Waals surface area contributed by atoms with Gasteiger partial charge in [-0.1, -0.05) is 0 Å². The van der Waals surface area contributed by atoms with E-state index < -0.39 is 21.7 Å². The molecule has 0 amide bonds. The van der Waals surface area contributed by atoms with Gasteiger partial charge in [0.1, 0.15) is 0 Å². The number of nitrogens with zero attached hydrogens (tertiary/aromatic N) is 1. The molecule has 1 aromatic rings. The van der Waals surface area contributed by atoms with Gasteiger partial charge in [0.25, 0.3) is 0 Å². The highest BCUT2D eigenvalue weighted by Crippen LogP contribution is 2.36. The third-order valence-electron chi connectivity index (χ3n) is 4.18. The molecule has 2 aliphatic heterocycles. The fraction of sp³-hybridized carbons (Fsp3) is 0.538. The van der Waals surface area contributed by atoms with Crippen molar-refractivity contribution in [1.29, 1.82) is 0 Å². The summed E-state index contributed by atoms with van der Waals surface area (Å²) in [6, 6.07) is 2.52. The summed E-state index contributed by atoms with van der Waals surface area (Å²) in [7, 11) is -3.79. The van der Waals surface area contributed by atoms with Crippen molar-refractivity contribution in [2.75, 3.05) is 13.1 Å². The molecular formula is C13H16F2N2O2S. The van der Waals surface area contributed by atoms with Crippen LogP contribution in [0.4, 0.5) is 8.78 Å². The van der Waals surface area contributed by atoms with Crippen molar-refractivity contribution in [2.24, 2.45) is 5.92 Å². The molecule has 2 aliphatic rings. The first-order chi connectivity index (χ1) is 9.41. The zero-order valence-electron chi connectivity index (χ0n) is 11.0. The van der Waals surface area contributed by atoms with Gasteiger partial charge >= 0.3 is 0 Å². The Balaban J connectivity index is 2.00. The number of hydrogen-bond acceptors (Lipinski definition) is 3. The summed E-state index contributed by atoms with van der Waals surface area (Å²) in [5.74, 6) is -1.89. The number of rotatable bonds is 2. The van der Waals surface area contributed by atoms with Crippen molar-refractivity contribution in [1.82, 2.24) is 9.62 Å². The summed E-state index contributed by atoms with van der Waals surface area (Å²) >= 11 is 0. The molecule has 3 atom stereocenters. The van der Waals surface area contributed by atoms with Crippen molar-refractivity contribution in [2.45, 2.75) is 30.3 Å². The normalized spacial score (nSPS) is 30.6. The molecule has 4 nitrogen and oxygen atoms in total. The molecule has 0 aromatic heterocycles. The first-order valence-corrected chi connectivity index (χ1v) is 8.04. The molecular weight excluding hydrogens is 286 g/mol. The van der Waals surface area contributed by atoms with Crippen LogP contribution in [0.5, 0.6) is 0 Å². The van der Waals surface area contributed by atoms with Crippen LogP contribution in [0, 0.1) is 17.6 Å². The minimum absolute atomic E-state index is 0.0943. The number of hydrogen-bond donors (Lipinski definition) is 1. The third kappa shape index (κ3) is 2.04. The van der Waals surface area contributed by atoms with Crippen LogP contribution in [0.2, 0.25) is 0 Å². The fourth-order valence-electron chi connectivity index (χ4n) is 3.30. The van der Waals surface area contributed by atoms with E-state index in [1.54, 1.807) is 0 Å². The molecule has 0 bridgehead atoms. The van der Waals surface area contributed by atoms with Gasteiger partial charge in [0.05, 0.1) is 4.90 Å². The average Bonchev–Trinajstić information content (AvgIpc) is 2.91. The first kappa shape index (κ1) is 13.9. The molecule has 0 saturated carbocycles. The quantitative estimate of drug-likeness (QED) is 0.897. The minimum atomic E-state index is -3.79. The highest BCUT2D eigenvalue weighted by Gasteiger charge is 2.47. The lowest BCUT2D eigenvalue weighted by Gasteiger charge is -2.26. The van der Waals surface area contributed by atoms with E-state index in [9.17, 15) is 17.2 Å². The van der Waals surface area contributed by atoms with Crippen molar-refractivity contribution < 1.29 is 17.2 Å². The molecule has 0 spiro atoms. The van der Waals surface area contributed by atoms with Gasteiger partial charge in [-0.15, -0.1) is 0 Å². The van der Waals surface area contributed by atoms with E-state index in [4.69, 9.17) is 0 Å². The summed E-state index contributed by atoms with van der Waals surface area (Å²) < 4.78 is 53.0. The number of sulfonamides is 1. The van der Waals surface area contributed by atoms with Gasteiger partial charge < -0.3 is 5.32 Å². The minimum Gasteiger partial charge on any atom is -0.315 e. The van der Waals surface area contributed by atoms with Crippen molar-refractivity contribution >= 4 is 10.0 Å². The Morgan fingerprint density at radius 3 is 2.70 bits per heavy atom. The second-order valence-corrected chi connectivity index (χ2v) is 7.32. The van der Waals surface area contributed by atoms with Crippen LogP contribution in [-0.4, -0.2) is 37.9 Å². The number of halogens is 2. The maximum absolute atomic E-state index is 13.3. The van der Waals surface area contributed by atoms with Crippen molar-refractivity contribution in [3.8, 4) is 0 Å². The number of benzene rings is 1. The second-order valence-electron chi connectivity index (χ2n) is 5.48. The summed E-state index contributed by atoms with van der Waals surface area (Å²) in [6.45, 7) is 3.27. The maximum Gasteiger partial charge on any atom is 0.243 e. The van der Waals surface area contributed by atoms with E-state index in [2.05, 4.69) is 5.32 Å². The van der Waals surface area contributed by atoms with E-state index in [-0.39, 0.29) is 17.0 Å². The lowest BCUT2D eigenvalue weighted by Crippen LogP contribution is -2.42. The lowest BCUT2D eigenvalue weighted by atomic mass is 10.0. The third-order valence-corrected chi connectivity index (χ3v) is 6.21. The van der Waals surface area contributed by atoms with Gasteiger partial charge in [0, 0.05) is 18.6 Å². The van der Waals surface area contributed by atoms with E-state index in [0.29, 0.717) is 12.5 Å². The molecule has 3 unspecified atom stereocenters. The molecule has 0 aliphatic carbocycles. The van der Waals surface area contributed by atoms with Crippen LogP contribution in [0.1, 0.15) is 13.3 Å². The molecule has 3 rings (SSSR count). The molecule has 20 heavy (non-hydrogen) atoms. The summed E-state index contributed by atoms with van der Waals surface area (Å²) in [6.07, 6.45) is 0.792. The average molecular weight is 302 g/mol. The molecule has 2 fully saturated rings. The summed E-state index contributed by atoms with van der Waals surface area (Å²) in [5.41, 5.74) is 0. The zero-order chi connectivity index (χ0) is 14.5. The molecule has 2 saturated heterocycles. The van der Waals surface area contributed by atoms with Gasteiger partial charge in [-0.25, -0.2) is 17.2 Å². The predicted molar refractivity (Wildman–Crippen MR) is 69.6 cm³/mol.